The lowest BCUT2D eigenvalue weighted by Gasteiger charge is -2.15. The van der Waals surface area contributed by atoms with Gasteiger partial charge in [0, 0.05) is 39.3 Å². The van der Waals surface area contributed by atoms with Gasteiger partial charge in [0.2, 0.25) is 5.91 Å². The van der Waals surface area contributed by atoms with Crippen molar-refractivity contribution in [2.45, 2.75) is 38.3 Å². The fourth-order valence-electron chi connectivity index (χ4n) is 2.62. The van der Waals surface area contributed by atoms with Gasteiger partial charge in [-0.2, -0.15) is 0 Å². The lowest BCUT2D eigenvalue weighted by atomic mass is 10.00. The maximum Gasteiger partial charge on any atom is 0.220 e. The molecule has 5 nitrogen and oxygen atoms in total. The molecule has 2 atom stereocenters. The summed E-state index contributed by atoms with van der Waals surface area (Å²) in [7, 11) is 3.91. The van der Waals surface area contributed by atoms with E-state index in [1.165, 1.54) is 0 Å². The van der Waals surface area contributed by atoms with Crippen LogP contribution in [-0.2, 0) is 11.3 Å². The first-order valence-electron chi connectivity index (χ1n) is 7.21. The van der Waals surface area contributed by atoms with E-state index in [2.05, 4.69) is 10.3 Å². The maximum atomic E-state index is 11.9. The first kappa shape index (κ1) is 21.0. The second kappa shape index (κ2) is 9.87. The van der Waals surface area contributed by atoms with Crippen LogP contribution in [0.1, 0.15) is 31.2 Å². The molecule has 0 unspecified atom stereocenters. The summed E-state index contributed by atoms with van der Waals surface area (Å²) >= 11 is 0. The van der Waals surface area contributed by atoms with E-state index >= 15 is 0 Å². The van der Waals surface area contributed by atoms with Crippen molar-refractivity contribution in [1.82, 2.24) is 10.3 Å². The molecule has 126 valence electrons. The van der Waals surface area contributed by atoms with Gasteiger partial charge in [-0.15, -0.1) is 24.8 Å². The van der Waals surface area contributed by atoms with Crippen LogP contribution in [0.5, 0.6) is 0 Å². The lowest BCUT2D eigenvalue weighted by molar-refractivity contribution is -0.122. The zero-order valence-corrected chi connectivity index (χ0v) is 14.8. The minimum Gasteiger partial charge on any atom is -0.363 e. The van der Waals surface area contributed by atoms with Gasteiger partial charge in [-0.1, -0.05) is 12.5 Å². The Labute approximate surface area is 144 Å². The first-order chi connectivity index (χ1) is 9.56. The molecule has 22 heavy (non-hydrogen) atoms. The Morgan fingerprint density at radius 3 is 2.59 bits per heavy atom. The number of nitrogens with one attached hydrogen (secondary N) is 1. The minimum absolute atomic E-state index is 0. The molecule has 0 aromatic carbocycles. The Bertz CT molecular complexity index is 453. The van der Waals surface area contributed by atoms with Gasteiger partial charge >= 0.3 is 0 Å². The fraction of sp³-hybridized carbons (Fsp3) is 0.600. The molecule has 2 rings (SSSR count). The van der Waals surface area contributed by atoms with E-state index in [0.717, 1.165) is 30.6 Å². The summed E-state index contributed by atoms with van der Waals surface area (Å²) in [6.07, 6.45) is 5.62. The van der Waals surface area contributed by atoms with E-state index in [-0.39, 0.29) is 36.8 Å². The SMILES string of the molecule is CN(C)c1ccc(CNC(=O)C[C@@H]2CCC[C@H]2N)cn1.Cl.Cl. The predicted molar refractivity (Wildman–Crippen MR) is 94.8 cm³/mol. The van der Waals surface area contributed by atoms with Crippen LogP contribution in [-0.4, -0.2) is 31.0 Å². The number of carbonyl (C=O) groups is 1. The van der Waals surface area contributed by atoms with E-state index in [1.807, 2.05) is 31.1 Å². The van der Waals surface area contributed by atoms with Gasteiger partial charge in [0.15, 0.2) is 0 Å². The van der Waals surface area contributed by atoms with Crippen molar-refractivity contribution in [1.29, 1.82) is 0 Å². The van der Waals surface area contributed by atoms with Crippen molar-refractivity contribution in [3.63, 3.8) is 0 Å². The molecule has 7 heteroatoms. The molecule has 3 N–H and O–H groups in total. The summed E-state index contributed by atoms with van der Waals surface area (Å²) in [4.78, 5) is 18.2. The zero-order valence-electron chi connectivity index (χ0n) is 13.1. The van der Waals surface area contributed by atoms with Gasteiger partial charge in [0.05, 0.1) is 0 Å². The number of pyridine rings is 1. The minimum atomic E-state index is 0. The Morgan fingerprint density at radius 2 is 2.09 bits per heavy atom. The van der Waals surface area contributed by atoms with Crippen molar-refractivity contribution < 1.29 is 4.79 Å². The molecule has 1 heterocycles. The summed E-state index contributed by atoms with van der Waals surface area (Å²) in [5.41, 5.74) is 7.00. The van der Waals surface area contributed by atoms with Gasteiger partial charge in [-0.25, -0.2) is 4.98 Å². The van der Waals surface area contributed by atoms with Crippen LogP contribution >= 0.6 is 24.8 Å². The quantitative estimate of drug-likeness (QED) is 0.854. The number of rotatable bonds is 5. The number of halogens is 2. The van der Waals surface area contributed by atoms with Gasteiger partial charge in [-0.05, 0) is 30.4 Å². The Hall–Kier alpha value is -1.04. The molecule has 0 radical (unpaired) electrons. The third-order valence-electron chi connectivity index (χ3n) is 3.92. The second-order valence-corrected chi connectivity index (χ2v) is 5.75. The highest BCUT2D eigenvalue weighted by atomic mass is 35.5. The van der Waals surface area contributed by atoms with Crippen LogP contribution < -0.4 is 16.0 Å². The molecule has 1 aromatic heterocycles. The molecule has 0 aliphatic heterocycles. The monoisotopic (exact) mass is 348 g/mol. The normalized spacial score (nSPS) is 19.8. The molecule has 1 amide bonds. The molecular weight excluding hydrogens is 323 g/mol. The van der Waals surface area contributed by atoms with Crippen LogP contribution in [0.15, 0.2) is 18.3 Å². The number of amides is 1. The van der Waals surface area contributed by atoms with Crippen molar-refractivity contribution >= 4 is 36.5 Å². The standard InChI is InChI=1S/C15H24N4O.2ClH/c1-19(2)14-7-6-11(9-17-14)10-18-15(20)8-12-4-3-5-13(12)16;;/h6-7,9,12-13H,3-5,8,10,16H2,1-2H3,(H,18,20);2*1H/t12-,13+;;/m0../s1. The first-order valence-corrected chi connectivity index (χ1v) is 7.21. The summed E-state index contributed by atoms with van der Waals surface area (Å²) < 4.78 is 0. The fourth-order valence-corrected chi connectivity index (χ4v) is 2.62. The van der Waals surface area contributed by atoms with Crippen molar-refractivity contribution in [3.05, 3.63) is 23.9 Å². The molecular formula is C15H26Cl2N4O. The average Bonchev–Trinajstić information content (AvgIpc) is 2.82. The van der Waals surface area contributed by atoms with E-state index < -0.39 is 0 Å². The highest BCUT2D eigenvalue weighted by molar-refractivity contribution is 5.85. The highest BCUT2D eigenvalue weighted by Crippen LogP contribution is 2.26. The Balaban J connectivity index is 0.00000220. The molecule has 0 bridgehead atoms. The number of nitrogens with zero attached hydrogens (tertiary/aromatic N) is 2. The number of hydrogen-bond donors (Lipinski definition) is 2. The predicted octanol–water partition coefficient (Wildman–Crippen LogP) is 2.12. The summed E-state index contributed by atoms with van der Waals surface area (Å²) in [5, 5.41) is 2.95. The number of nitrogens with two attached hydrogens (primary N) is 1. The molecule has 1 saturated carbocycles. The van der Waals surface area contributed by atoms with Crippen LogP contribution in [0.25, 0.3) is 0 Å². The highest BCUT2D eigenvalue weighted by Gasteiger charge is 2.25. The second-order valence-electron chi connectivity index (χ2n) is 5.75. The molecule has 1 fully saturated rings. The van der Waals surface area contributed by atoms with Gasteiger partial charge in [0.1, 0.15) is 5.82 Å². The smallest absolute Gasteiger partial charge is 0.220 e. The molecule has 1 aliphatic rings. The Morgan fingerprint density at radius 1 is 1.36 bits per heavy atom. The van der Waals surface area contributed by atoms with E-state index in [0.29, 0.717) is 18.9 Å². The van der Waals surface area contributed by atoms with E-state index in [1.54, 1.807) is 6.20 Å². The molecule has 1 aliphatic carbocycles. The third-order valence-corrected chi connectivity index (χ3v) is 3.92. The Kier molecular flexibility index (Phi) is 9.41. The van der Waals surface area contributed by atoms with Crippen molar-refractivity contribution in [3.8, 4) is 0 Å². The van der Waals surface area contributed by atoms with Crippen LogP contribution in [0.3, 0.4) is 0 Å². The topological polar surface area (TPSA) is 71.2 Å². The van der Waals surface area contributed by atoms with E-state index in [9.17, 15) is 4.79 Å². The average molecular weight is 349 g/mol. The number of aromatic nitrogens is 1. The summed E-state index contributed by atoms with van der Waals surface area (Å²) in [6, 6.07) is 4.14. The van der Waals surface area contributed by atoms with E-state index in [4.69, 9.17) is 5.73 Å². The molecule has 0 saturated heterocycles. The van der Waals surface area contributed by atoms with Gasteiger partial charge in [-0.3, -0.25) is 4.79 Å². The maximum absolute atomic E-state index is 11.9. The summed E-state index contributed by atoms with van der Waals surface area (Å²) in [6.45, 7) is 0.529. The number of hydrogen-bond acceptors (Lipinski definition) is 4. The number of anilines is 1. The summed E-state index contributed by atoms with van der Waals surface area (Å²) in [5.74, 6) is 1.35. The van der Waals surface area contributed by atoms with Crippen LogP contribution in [0.4, 0.5) is 5.82 Å². The lowest BCUT2D eigenvalue weighted by Crippen LogP contribution is -2.31. The zero-order chi connectivity index (χ0) is 14.5. The molecule has 0 spiro atoms. The van der Waals surface area contributed by atoms with Crippen LogP contribution in [0.2, 0.25) is 0 Å². The van der Waals surface area contributed by atoms with Crippen LogP contribution in [0, 0.1) is 5.92 Å². The van der Waals surface area contributed by atoms with Crippen molar-refractivity contribution in [2.24, 2.45) is 11.7 Å². The van der Waals surface area contributed by atoms with Gasteiger partial charge in [0.25, 0.3) is 0 Å². The largest absolute Gasteiger partial charge is 0.363 e. The number of carbonyl (C=O) groups excluding carboxylic acids is 1. The molecule has 1 aromatic rings. The third kappa shape index (κ3) is 5.99. The van der Waals surface area contributed by atoms with Gasteiger partial charge < -0.3 is 16.0 Å². The van der Waals surface area contributed by atoms with Crippen molar-refractivity contribution in [2.75, 3.05) is 19.0 Å².